The van der Waals surface area contributed by atoms with Crippen LogP contribution in [0.1, 0.15) is 26.2 Å². The molecule has 0 fully saturated rings. The molecule has 0 aliphatic rings. The molecule has 7 heteroatoms. The van der Waals surface area contributed by atoms with Crippen LogP contribution in [0.15, 0.2) is 0 Å². The van der Waals surface area contributed by atoms with E-state index in [1.807, 2.05) is 6.92 Å². The minimum absolute atomic E-state index is 0.0934. The summed E-state index contributed by atoms with van der Waals surface area (Å²) >= 11 is -0.521. The Morgan fingerprint density at radius 1 is 1.40 bits per heavy atom. The lowest BCUT2D eigenvalue weighted by molar-refractivity contribution is -0.119. The van der Waals surface area contributed by atoms with Gasteiger partial charge in [0.05, 0.1) is 11.9 Å². The van der Waals surface area contributed by atoms with Crippen LogP contribution in [0, 0.1) is 0 Å². The second-order valence-electron chi connectivity index (χ2n) is 2.73. The maximum absolute atomic E-state index is 11.6. The van der Waals surface area contributed by atoms with E-state index >= 15 is 0 Å². The zero-order valence-electron chi connectivity index (χ0n) is 8.39. The van der Waals surface area contributed by atoms with Crippen LogP contribution in [0.25, 0.3) is 0 Å². The number of nitrogens with one attached hydrogen (secondary N) is 1. The van der Waals surface area contributed by atoms with Crippen LogP contribution in [0.2, 0.25) is 0 Å². The molecule has 15 heavy (non-hydrogen) atoms. The normalized spacial score (nSPS) is 11.5. The third-order valence-corrected chi connectivity index (χ3v) is 1.99. The van der Waals surface area contributed by atoms with E-state index in [1.165, 1.54) is 0 Å². The van der Waals surface area contributed by atoms with E-state index in [0.717, 1.165) is 0 Å². The number of carbonyl (C=O) groups is 1. The highest BCUT2D eigenvalue weighted by Crippen LogP contribution is 2.27. The van der Waals surface area contributed by atoms with Crippen LogP contribution in [0.5, 0.6) is 0 Å². The summed E-state index contributed by atoms with van der Waals surface area (Å²) in [6.45, 7) is 3.00. The number of rotatable bonds is 7. The molecule has 0 aliphatic carbocycles. The van der Waals surface area contributed by atoms with Gasteiger partial charge in [0.25, 0.3) is 0 Å². The van der Waals surface area contributed by atoms with Crippen LogP contribution < -0.4 is 4.72 Å². The number of halogens is 3. The predicted molar refractivity (Wildman–Crippen MR) is 52.1 cm³/mol. The standard InChI is InChI=1S/C8H14F3NO2S/c1-2-14-6-4-3-5-7(13)12-15-8(9,10)11/h2-6H2,1H3,(H,12,13). The molecule has 0 saturated heterocycles. The van der Waals surface area contributed by atoms with Gasteiger partial charge in [-0.25, -0.2) is 0 Å². The van der Waals surface area contributed by atoms with Gasteiger partial charge in [0.15, 0.2) is 0 Å². The number of ether oxygens (including phenoxy) is 1. The van der Waals surface area contributed by atoms with Crippen molar-refractivity contribution in [2.45, 2.75) is 31.7 Å². The first kappa shape index (κ1) is 14.6. The number of carbonyl (C=O) groups excluding carboxylic acids is 1. The molecule has 1 N–H and O–H groups in total. The van der Waals surface area contributed by atoms with E-state index in [1.54, 1.807) is 4.72 Å². The fourth-order valence-electron chi connectivity index (χ4n) is 0.800. The number of alkyl halides is 3. The lowest BCUT2D eigenvalue weighted by Crippen LogP contribution is -2.20. The summed E-state index contributed by atoms with van der Waals surface area (Å²) in [5.74, 6) is -0.603. The lowest BCUT2D eigenvalue weighted by Gasteiger charge is -2.06. The van der Waals surface area contributed by atoms with E-state index in [4.69, 9.17) is 4.74 Å². The molecule has 0 aromatic carbocycles. The third kappa shape index (κ3) is 11.5. The lowest BCUT2D eigenvalue weighted by atomic mass is 10.2. The van der Waals surface area contributed by atoms with Crippen molar-refractivity contribution in [3.63, 3.8) is 0 Å². The van der Waals surface area contributed by atoms with E-state index in [0.29, 0.717) is 26.1 Å². The quantitative estimate of drug-likeness (QED) is 0.553. The first-order valence-electron chi connectivity index (χ1n) is 4.57. The van der Waals surface area contributed by atoms with E-state index in [-0.39, 0.29) is 6.42 Å². The van der Waals surface area contributed by atoms with Crippen molar-refractivity contribution >= 4 is 17.9 Å². The molecule has 0 radical (unpaired) electrons. The Balaban J connectivity index is 3.34. The van der Waals surface area contributed by atoms with E-state index in [2.05, 4.69) is 0 Å². The van der Waals surface area contributed by atoms with Crippen molar-refractivity contribution in [3.8, 4) is 0 Å². The van der Waals surface area contributed by atoms with Crippen molar-refractivity contribution < 1.29 is 22.7 Å². The van der Waals surface area contributed by atoms with Gasteiger partial charge in [-0.05, 0) is 19.8 Å². The average molecular weight is 245 g/mol. The summed E-state index contributed by atoms with van der Waals surface area (Å²) in [5.41, 5.74) is -4.42. The maximum Gasteiger partial charge on any atom is 0.461 e. The van der Waals surface area contributed by atoms with Gasteiger partial charge < -0.3 is 4.74 Å². The Hall–Kier alpha value is -0.430. The predicted octanol–water partition coefficient (Wildman–Crippen LogP) is 2.48. The Morgan fingerprint density at radius 2 is 2.07 bits per heavy atom. The maximum atomic E-state index is 11.6. The van der Waals surface area contributed by atoms with Gasteiger partial charge in [-0.3, -0.25) is 9.52 Å². The van der Waals surface area contributed by atoms with Crippen molar-refractivity contribution in [2.24, 2.45) is 0 Å². The summed E-state index contributed by atoms with van der Waals surface area (Å²) in [5, 5.41) is 0. The van der Waals surface area contributed by atoms with Crippen molar-refractivity contribution in [2.75, 3.05) is 13.2 Å². The molecule has 0 bridgehead atoms. The monoisotopic (exact) mass is 245 g/mol. The Morgan fingerprint density at radius 3 is 2.60 bits per heavy atom. The molecule has 3 nitrogen and oxygen atoms in total. The second kappa shape index (κ2) is 7.81. The molecular weight excluding hydrogens is 231 g/mol. The smallest absolute Gasteiger partial charge is 0.382 e. The SMILES string of the molecule is CCOCCCCC(=O)NSC(F)(F)F. The Labute approximate surface area is 90.9 Å². The van der Waals surface area contributed by atoms with E-state index < -0.39 is 23.4 Å². The number of hydrogen-bond acceptors (Lipinski definition) is 3. The molecular formula is C8H14F3NO2S. The minimum Gasteiger partial charge on any atom is -0.382 e. The van der Waals surface area contributed by atoms with Crippen LogP contribution in [0.3, 0.4) is 0 Å². The topological polar surface area (TPSA) is 38.3 Å². The van der Waals surface area contributed by atoms with Crippen LogP contribution in [-0.2, 0) is 9.53 Å². The minimum atomic E-state index is -4.42. The molecule has 1 amide bonds. The molecule has 0 aromatic rings. The molecule has 0 spiro atoms. The highest BCUT2D eigenvalue weighted by molar-refractivity contribution is 7.98. The summed E-state index contributed by atoms with van der Waals surface area (Å²) in [7, 11) is 0. The molecule has 0 unspecified atom stereocenters. The molecule has 0 saturated carbocycles. The molecule has 0 atom stereocenters. The summed E-state index contributed by atoms with van der Waals surface area (Å²) in [6.07, 6.45) is 1.30. The first-order chi connectivity index (χ1) is 6.95. The Bertz CT molecular complexity index is 187. The van der Waals surface area contributed by atoms with Gasteiger partial charge in [0, 0.05) is 19.6 Å². The van der Waals surface area contributed by atoms with Gasteiger partial charge in [-0.2, -0.15) is 13.2 Å². The Kier molecular flexibility index (Phi) is 7.59. The fourth-order valence-corrected chi connectivity index (χ4v) is 1.13. The molecule has 90 valence electrons. The van der Waals surface area contributed by atoms with Crippen molar-refractivity contribution in [1.82, 2.24) is 4.72 Å². The third-order valence-electron chi connectivity index (χ3n) is 1.43. The number of hydrogen-bond donors (Lipinski definition) is 1. The zero-order valence-corrected chi connectivity index (χ0v) is 9.21. The molecule has 0 aromatic heterocycles. The second-order valence-corrected chi connectivity index (χ2v) is 3.60. The summed E-state index contributed by atoms with van der Waals surface area (Å²) in [6, 6.07) is 0. The van der Waals surface area contributed by atoms with Crippen LogP contribution >= 0.6 is 11.9 Å². The van der Waals surface area contributed by atoms with Gasteiger partial charge in [0.1, 0.15) is 0 Å². The van der Waals surface area contributed by atoms with Crippen molar-refractivity contribution in [3.05, 3.63) is 0 Å². The highest BCUT2D eigenvalue weighted by Gasteiger charge is 2.29. The molecule has 0 rings (SSSR count). The molecule has 0 aliphatic heterocycles. The zero-order chi connectivity index (χ0) is 11.7. The first-order valence-corrected chi connectivity index (χ1v) is 5.38. The van der Waals surface area contributed by atoms with Gasteiger partial charge >= 0.3 is 5.51 Å². The molecule has 0 heterocycles. The highest BCUT2D eigenvalue weighted by atomic mass is 32.2. The summed E-state index contributed by atoms with van der Waals surface area (Å²) in [4.78, 5) is 10.8. The number of amides is 1. The largest absolute Gasteiger partial charge is 0.461 e. The van der Waals surface area contributed by atoms with Gasteiger partial charge in [0.2, 0.25) is 5.91 Å². The fraction of sp³-hybridized carbons (Fsp3) is 0.875. The van der Waals surface area contributed by atoms with Gasteiger partial charge in [-0.15, -0.1) is 0 Å². The van der Waals surface area contributed by atoms with E-state index in [9.17, 15) is 18.0 Å². The van der Waals surface area contributed by atoms with Gasteiger partial charge in [-0.1, -0.05) is 0 Å². The van der Waals surface area contributed by atoms with Crippen LogP contribution in [-0.4, -0.2) is 24.6 Å². The van der Waals surface area contributed by atoms with Crippen molar-refractivity contribution in [1.29, 1.82) is 0 Å². The van der Waals surface area contributed by atoms with Crippen LogP contribution in [0.4, 0.5) is 13.2 Å². The number of unbranched alkanes of at least 4 members (excludes halogenated alkanes) is 1. The summed E-state index contributed by atoms with van der Waals surface area (Å²) < 4.78 is 41.6. The average Bonchev–Trinajstić information content (AvgIpc) is 2.13.